The van der Waals surface area contributed by atoms with Crippen LogP contribution in [-0.2, 0) is 17.8 Å². The number of nitrogens with zero attached hydrogens (tertiary/aromatic N) is 1. The number of rotatable bonds is 10. The second kappa shape index (κ2) is 10.8. The molecule has 0 spiro atoms. The molecule has 2 aromatic heterocycles. The predicted octanol–water partition coefficient (Wildman–Crippen LogP) is 3.81. The Morgan fingerprint density at radius 1 is 1.16 bits per heavy atom. The minimum absolute atomic E-state index is 0.0371. The van der Waals surface area contributed by atoms with Crippen LogP contribution < -0.4 is 10.6 Å². The highest BCUT2D eigenvalue weighted by molar-refractivity contribution is 7.15. The van der Waals surface area contributed by atoms with Crippen LogP contribution in [0.5, 0.6) is 0 Å². The lowest BCUT2D eigenvalue weighted by molar-refractivity contribution is -0.117. The minimum Gasteiger partial charge on any atom is -0.391 e. The Hall–Kier alpha value is -3.10. The van der Waals surface area contributed by atoms with Gasteiger partial charge < -0.3 is 15.7 Å². The van der Waals surface area contributed by atoms with Gasteiger partial charge in [0.15, 0.2) is 5.78 Å². The van der Waals surface area contributed by atoms with Crippen molar-refractivity contribution in [3.8, 4) is 10.6 Å². The van der Waals surface area contributed by atoms with Crippen molar-refractivity contribution in [3.05, 3.63) is 70.4 Å². The van der Waals surface area contributed by atoms with Gasteiger partial charge in [-0.05, 0) is 48.4 Å². The number of nitrogens with one attached hydrogen (secondary N) is 2. The van der Waals surface area contributed by atoms with E-state index in [2.05, 4.69) is 15.6 Å². The van der Waals surface area contributed by atoms with E-state index in [9.17, 15) is 19.1 Å². The zero-order valence-corrected chi connectivity index (χ0v) is 18.0. The Kier molecular flexibility index (Phi) is 7.86. The maximum Gasteiger partial charge on any atom is 0.255 e. The number of amides is 1. The van der Waals surface area contributed by atoms with Crippen molar-refractivity contribution in [3.63, 3.8) is 0 Å². The normalized spacial score (nSPS) is 10.7. The van der Waals surface area contributed by atoms with Gasteiger partial charge in [-0.3, -0.25) is 9.59 Å². The summed E-state index contributed by atoms with van der Waals surface area (Å²) in [4.78, 5) is 30.5. The van der Waals surface area contributed by atoms with Gasteiger partial charge in [-0.25, -0.2) is 9.37 Å². The Balaban J connectivity index is 1.81. The number of thiophene rings is 1. The maximum absolute atomic E-state index is 13.4. The molecule has 0 bridgehead atoms. The molecule has 0 saturated carbocycles. The SMILES string of the molecule is CCC(=O)CNC(=O)c1ccc(-c2ccc(CO)s2)nc1NCCc1cccc(F)c1. The molecule has 0 aliphatic carbocycles. The number of carbonyl (C=O) groups is 2. The van der Waals surface area contributed by atoms with Gasteiger partial charge >= 0.3 is 0 Å². The molecule has 3 N–H and O–H groups in total. The average molecular weight is 442 g/mol. The van der Waals surface area contributed by atoms with Crippen molar-refractivity contribution in [2.24, 2.45) is 0 Å². The molecule has 162 valence electrons. The van der Waals surface area contributed by atoms with E-state index in [1.807, 2.05) is 18.2 Å². The topological polar surface area (TPSA) is 91.3 Å². The van der Waals surface area contributed by atoms with E-state index in [-0.39, 0.29) is 24.8 Å². The van der Waals surface area contributed by atoms with E-state index in [1.54, 1.807) is 25.1 Å². The second-order valence-corrected chi connectivity index (χ2v) is 8.07. The Labute approximate surface area is 184 Å². The molecular formula is C23H24FN3O3S. The average Bonchev–Trinajstić information content (AvgIpc) is 3.26. The number of carbonyl (C=O) groups excluding carboxylic acids is 2. The van der Waals surface area contributed by atoms with Crippen LogP contribution >= 0.6 is 11.3 Å². The molecule has 0 saturated heterocycles. The second-order valence-electron chi connectivity index (χ2n) is 6.90. The number of anilines is 1. The van der Waals surface area contributed by atoms with Gasteiger partial charge in [-0.1, -0.05) is 19.1 Å². The summed E-state index contributed by atoms with van der Waals surface area (Å²) in [5, 5.41) is 15.1. The van der Waals surface area contributed by atoms with Crippen LogP contribution in [0.15, 0.2) is 48.5 Å². The molecular weight excluding hydrogens is 417 g/mol. The third-order valence-corrected chi connectivity index (χ3v) is 5.74. The lowest BCUT2D eigenvalue weighted by atomic mass is 10.1. The van der Waals surface area contributed by atoms with Crippen LogP contribution in [0.2, 0.25) is 0 Å². The number of hydrogen-bond acceptors (Lipinski definition) is 6. The fourth-order valence-electron chi connectivity index (χ4n) is 2.93. The van der Waals surface area contributed by atoms with Gasteiger partial charge in [-0.15, -0.1) is 11.3 Å². The molecule has 1 aromatic carbocycles. The van der Waals surface area contributed by atoms with E-state index in [0.29, 0.717) is 36.5 Å². The van der Waals surface area contributed by atoms with Crippen LogP contribution in [0, 0.1) is 5.82 Å². The predicted molar refractivity (Wildman–Crippen MR) is 120 cm³/mol. The molecule has 1 amide bonds. The lowest BCUT2D eigenvalue weighted by Crippen LogP contribution is -2.30. The maximum atomic E-state index is 13.4. The number of Topliss-reactive ketones (excluding diaryl/α,β-unsaturated/α-hetero) is 1. The summed E-state index contributed by atoms with van der Waals surface area (Å²) in [6.45, 7) is 2.10. The van der Waals surface area contributed by atoms with Crippen molar-refractivity contribution in [2.45, 2.75) is 26.4 Å². The van der Waals surface area contributed by atoms with Gasteiger partial charge in [0.1, 0.15) is 11.6 Å². The van der Waals surface area contributed by atoms with Gasteiger partial charge in [-0.2, -0.15) is 0 Å². The first-order valence-electron chi connectivity index (χ1n) is 9.99. The summed E-state index contributed by atoms with van der Waals surface area (Å²) in [6.07, 6.45) is 0.897. The van der Waals surface area contributed by atoms with E-state index < -0.39 is 5.91 Å². The summed E-state index contributed by atoms with van der Waals surface area (Å²) in [5.41, 5.74) is 1.82. The number of aromatic nitrogens is 1. The van der Waals surface area contributed by atoms with Crippen molar-refractivity contribution in [1.29, 1.82) is 0 Å². The van der Waals surface area contributed by atoms with Crippen LogP contribution in [0.1, 0.15) is 34.1 Å². The lowest BCUT2D eigenvalue weighted by Gasteiger charge is -2.13. The van der Waals surface area contributed by atoms with Crippen molar-refractivity contribution < 1.29 is 19.1 Å². The highest BCUT2D eigenvalue weighted by atomic mass is 32.1. The molecule has 0 atom stereocenters. The monoisotopic (exact) mass is 441 g/mol. The van der Waals surface area contributed by atoms with Crippen LogP contribution in [0.25, 0.3) is 10.6 Å². The highest BCUT2D eigenvalue weighted by Gasteiger charge is 2.16. The molecule has 3 aromatic rings. The number of aliphatic hydroxyl groups excluding tert-OH is 1. The quantitative estimate of drug-likeness (QED) is 0.445. The summed E-state index contributed by atoms with van der Waals surface area (Å²) in [7, 11) is 0. The summed E-state index contributed by atoms with van der Waals surface area (Å²) < 4.78 is 13.4. The third-order valence-electron chi connectivity index (χ3n) is 4.65. The zero-order chi connectivity index (χ0) is 22.2. The molecule has 0 aliphatic rings. The molecule has 3 rings (SSSR count). The Bertz CT molecular complexity index is 1070. The third kappa shape index (κ3) is 6.19. The van der Waals surface area contributed by atoms with Crippen molar-refractivity contribution in [2.75, 3.05) is 18.4 Å². The standard InChI is InChI=1S/C23H24FN3O3S/c1-2-17(29)13-26-23(30)19-7-8-20(21-9-6-18(14-28)31-21)27-22(19)25-11-10-15-4-3-5-16(24)12-15/h3-9,12,28H,2,10-11,13-14H2,1H3,(H,25,27)(H,26,30). The number of aliphatic hydroxyl groups is 1. The number of benzene rings is 1. The highest BCUT2D eigenvalue weighted by Crippen LogP contribution is 2.29. The van der Waals surface area contributed by atoms with E-state index in [1.165, 1.54) is 23.5 Å². The molecule has 0 unspecified atom stereocenters. The number of ketones is 1. The number of halogens is 1. The van der Waals surface area contributed by atoms with Crippen LogP contribution in [0.3, 0.4) is 0 Å². The minimum atomic E-state index is -0.392. The van der Waals surface area contributed by atoms with Crippen LogP contribution in [0.4, 0.5) is 10.2 Å². The molecule has 0 radical (unpaired) electrons. The smallest absolute Gasteiger partial charge is 0.255 e. The number of pyridine rings is 1. The molecule has 8 heteroatoms. The van der Waals surface area contributed by atoms with Crippen molar-refractivity contribution in [1.82, 2.24) is 10.3 Å². The molecule has 31 heavy (non-hydrogen) atoms. The fraction of sp³-hybridized carbons (Fsp3) is 0.261. The van der Waals surface area contributed by atoms with Crippen LogP contribution in [-0.4, -0.2) is 34.9 Å². The first-order valence-corrected chi connectivity index (χ1v) is 10.8. The largest absolute Gasteiger partial charge is 0.391 e. The fourth-order valence-corrected chi connectivity index (χ4v) is 3.77. The summed E-state index contributed by atoms with van der Waals surface area (Å²) >= 11 is 1.42. The molecule has 0 fully saturated rings. The first kappa shape index (κ1) is 22.6. The van der Waals surface area contributed by atoms with E-state index in [0.717, 1.165) is 15.3 Å². The Morgan fingerprint density at radius 2 is 2.00 bits per heavy atom. The van der Waals surface area contributed by atoms with E-state index in [4.69, 9.17) is 0 Å². The zero-order valence-electron chi connectivity index (χ0n) is 17.2. The molecule has 0 aliphatic heterocycles. The first-order chi connectivity index (χ1) is 15.0. The Morgan fingerprint density at radius 3 is 2.71 bits per heavy atom. The van der Waals surface area contributed by atoms with Crippen molar-refractivity contribution >= 4 is 28.8 Å². The van der Waals surface area contributed by atoms with E-state index >= 15 is 0 Å². The molecule has 2 heterocycles. The summed E-state index contributed by atoms with van der Waals surface area (Å²) in [5.74, 6) is -0.366. The number of hydrogen-bond donors (Lipinski definition) is 3. The van der Waals surface area contributed by atoms with Gasteiger partial charge in [0.2, 0.25) is 0 Å². The van der Waals surface area contributed by atoms with Gasteiger partial charge in [0.05, 0.1) is 29.3 Å². The summed E-state index contributed by atoms with van der Waals surface area (Å²) in [6, 6.07) is 13.5. The van der Waals surface area contributed by atoms with Gasteiger partial charge in [0, 0.05) is 17.8 Å². The van der Waals surface area contributed by atoms with Gasteiger partial charge in [0.25, 0.3) is 5.91 Å². The molecule has 6 nitrogen and oxygen atoms in total.